The Kier molecular flexibility index (Phi) is 6.55. The molecule has 3 aromatic rings. The van der Waals surface area contributed by atoms with Crippen molar-refractivity contribution >= 4 is 33.2 Å². The van der Waals surface area contributed by atoms with Crippen molar-refractivity contribution in [2.45, 2.75) is 11.4 Å². The van der Waals surface area contributed by atoms with Crippen molar-refractivity contribution < 1.29 is 17.7 Å². The fourth-order valence-electron chi connectivity index (χ4n) is 3.46. The molecule has 2 aromatic carbocycles. The Hall–Kier alpha value is -2.10. The molecular formula is C21H21Cl2N3O4S. The lowest BCUT2D eigenvalue weighted by molar-refractivity contribution is 0.166. The summed E-state index contributed by atoms with van der Waals surface area (Å²) >= 11 is 12.1. The largest absolute Gasteiger partial charge is 0.497 e. The molecule has 0 aliphatic carbocycles. The molecule has 7 nitrogen and oxygen atoms in total. The van der Waals surface area contributed by atoms with Crippen LogP contribution in [0.1, 0.15) is 5.76 Å². The Morgan fingerprint density at radius 3 is 2.45 bits per heavy atom. The van der Waals surface area contributed by atoms with E-state index >= 15 is 0 Å². The van der Waals surface area contributed by atoms with Gasteiger partial charge in [-0.1, -0.05) is 34.4 Å². The van der Waals surface area contributed by atoms with Gasteiger partial charge in [-0.2, -0.15) is 4.31 Å². The molecule has 31 heavy (non-hydrogen) atoms. The normalized spacial score (nSPS) is 15.8. The van der Waals surface area contributed by atoms with E-state index in [4.69, 9.17) is 32.5 Å². The lowest BCUT2D eigenvalue weighted by Gasteiger charge is -2.33. The summed E-state index contributed by atoms with van der Waals surface area (Å²) < 4.78 is 38.0. The van der Waals surface area contributed by atoms with E-state index in [1.807, 2.05) is 30.3 Å². The third-order valence-electron chi connectivity index (χ3n) is 5.19. The van der Waals surface area contributed by atoms with Gasteiger partial charge < -0.3 is 9.26 Å². The van der Waals surface area contributed by atoms with Crippen LogP contribution in [-0.2, 0) is 16.6 Å². The van der Waals surface area contributed by atoms with Crippen LogP contribution in [0, 0.1) is 0 Å². The van der Waals surface area contributed by atoms with Crippen LogP contribution in [0.15, 0.2) is 57.9 Å². The topological polar surface area (TPSA) is 75.9 Å². The molecule has 1 fully saturated rings. The summed E-state index contributed by atoms with van der Waals surface area (Å²) in [6, 6.07) is 14.1. The van der Waals surface area contributed by atoms with Gasteiger partial charge in [0.2, 0.25) is 10.0 Å². The summed E-state index contributed by atoms with van der Waals surface area (Å²) in [5.74, 6) is 1.50. The Morgan fingerprint density at radius 1 is 1.06 bits per heavy atom. The molecule has 1 aliphatic heterocycles. The first-order valence-electron chi connectivity index (χ1n) is 9.65. The molecule has 0 N–H and O–H groups in total. The number of ether oxygens (including phenoxy) is 1. The zero-order valence-corrected chi connectivity index (χ0v) is 19.1. The minimum Gasteiger partial charge on any atom is -0.497 e. The average molecular weight is 482 g/mol. The molecule has 0 amide bonds. The number of hydrogen-bond acceptors (Lipinski definition) is 6. The van der Waals surface area contributed by atoms with Gasteiger partial charge in [0.05, 0.1) is 23.7 Å². The highest BCUT2D eigenvalue weighted by Crippen LogP contribution is 2.31. The lowest BCUT2D eigenvalue weighted by Crippen LogP contribution is -2.48. The minimum absolute atomic E-state index is 0.0366. The number of aromatic nitrogens is 1. The summed E-state index contributed by atoms with van der Waals surface area (Å²) in [5, 5.41) is 4.42. The summed E-state index contributed by atoms with van der Waals surface area (Å²) in [6.07, 6.45) is 0. The van der Waals surface area contributed by atoms with E-state index in [1.54, 1.807) is 19.2 Å². The smallest absolute Gasteiger partial charge is 0.244 e. The predicted molar refractivity (Wildman–Crippen MR) is 119 cm³/mol. The molecule has 10 heteroatoms. The lowest BCUT2D eigenvalue weighted by atomic mass is 10.1. The van der Waals surface area contributed by atoms with Crippen LogP contribution in [-0.4, -0.2) is 56.1 Å². The molecule has 0 radical (unpaired) electrons. The SMILES string of the molecule is COc1ccc(-c2cc(CN3CCN(S(=O)(=O)c4cccc(Cl)c4Cl)CC3)on2)cc1. The number of hydrogen-bond donors (Lipinski definition) is 0. The second kappa shape index (κ2) is 9.18. The number of methoxy groups -OCH3 is 1. The van der Waals surface area contributed by atoms with Gasteiger partial charge in [-0.3, -0.25) is 4.90 Å². The van der Waals surface area contributed by atoms with Crippen molar-refractivity contribution in [3.63, 3.8) is 0 Å². The van der Waals surface area contributed by atoms with E-state index in [2.05, 4.69) is 10.1 Å². The Labute approximate surface area is 191 Å². The van der Waals surface area contributed by atoms with Crippen LogP contribution in [0.3, 0.4) is 0 Å². The van der Waals surface area contributed by atoms with E-state index in [1.165, 1.54) is 10.4 Å². The monoisotopic (exact) mass is 481 g/mol. The van der Waals surface area contributed by atoms with E-state index < -0.39 is 10.0 Å². The number of halogens is 2. The van der Waals surface area contributed by atoms with Gasteiger partial charge >= 0.3 is 0 Å². The van der Waals surface area contributed by atoms with Crippen molar-refractivity contribution in [2.24, 2.45) is 0 Å². The molecule has 0 unspecified atom stereocenters. The molecular weight excluding hydrogens is 461 g/mol. The van der Waals surface area contributed by atoms with Crippen LogP contribution in [0.25, 0.3) is 11.3 Å². The first-order chi connectivity index (χ1) is 14.9. The highest BCUT2D eigenvalue weighted by atomic mass is 35.5. The summed E-state index contributed by atoms with van der Waals surface area (Å²) in [5.41, 5.74) is 1.68. The average Bonchev–Trinajstić information content (AvgIpc) is 3.24. The van der Waals surface area contributed by atoms with Crippen LogP contribution in [0.2, 0.25) is 10.0 Å². The highest BCUT2D eigenvalue weighted by Gasteiger charge is 2.31. The number of nitrogens with zero attached hydrogens (tertiary/aromatic N) is 3. The molecule has 4 rings (SSSR count). The first kappa shape index (κ1) is 22.1. The zero-order chi connectivity index (χ0) is 22.0. The minimum atomic E-state index is -3.70. The number of rotatable bonds is 6. The van der Waals surface area contributed by atoms with Gasteiger partial charge in [0, 0.05) is 37.8 Å². The number of sulfonamides is 1. The summed E-state index contributed by atoms with van der Waals surface area (Å²) in [7, 11) is -2.08. The van der Waals surface area contributed by atoms with Crippen LogP contribution in [0.4, 0.5) is 0 Å². The van der Waals surface area contributed by atoms with E-state index in [0.29, 0.717) is 32.7 Å². The van der Waals surface area contributed by atoms with Crippen LogP contribution >= 0.6 is 23.2 Å². The van der Waals surface area contributed by atoms with Crippen molar-refractivity contribution in [3.8, 4) is 17.0 Å². The van der Waals surface area contributed by atoms with Crippen molar-refractivity contribution in [1.82, 2.24) is 14.4 Å². The van der Waals surface area contributed by atoms with E-state index in [9.17, 15) is 8.42 Å². The molecule has 0 atom stereocenters. The molecule has 164 valence electrons. The second-order valence-corrected chi connectivity index (χ2v) is 9.83. The Morgan fingerprint density at radius 2 is 1.77 bits per heavy atom. The van der Waals surface area contributed by atoms with Gasteiger partial charge in [0.1, 0.15) is 16.3 Å². The maximum atomic E-state index is 13.0. The number of piperazine rings is 1. The van der Waals surface area contributed by atoms with Gasteiger partial charge in [0.15, 0.2) is 5.76 Å². The molecule has 1 aromatic heterocycles. The predicted octanol–water partition coefficient (Wildman–Crippen LogP) is 4.16. The van der Waals surface area contributed by atoms with Gasteiger partial charge in [0.25, 0.3) is 0 Å². The van der Waals surface area contributed by atoms with Gasteiger partial charge in [-0.05, 0) is 36.4 Å². The molecule has 0 saturated carbocycles. The molecule has 1 aliphatic rings. The third-order valence-corrected chi connectivity index (χ3v) is 8.06. The van der Waals surface area contributed by atoms with Crippen LogP contribution < -0.4 is 4.74 Å². The quantitative estimate of drug-likeness (QED) is 0.525. The van der Waals surface area contributed by atoms with Crippen molar-refractivity contribution in [2.75, 3.05) is 33.3 Å². The standard InChI is InChI=1S/C21H21Cl2N3O4S/c1-29-16-7-5-15(6-8-16)19-13-17(30-24-19)14-25-9-11-26(12-10-25)31(27,28)20-4-2-3-18(22)21(20)23/h2-8,13H,9-12,14H2,1H3. The number of benzene rings is 2. The second-order valence-electron chi connectivity index (χ2n) is 7.14. The van der Waals surface area contributed by atoms with Crippen LogP contribution in [0.5, 0.6) is 5.75 Å². The summed E-state index contributed by atoms with van der Waals surface area (Å²) in [4.78, 5) is 2.17. The van der Waals surface area contributed by atoms with Crippen molar-refractivity contribution in [1.29, 1.82) is 0 Å². The summed E-state index contributed by atoms with van der Waals surface area (Å²) in [6.45, 7) is 2.39. The van der Waals surface area contributed by atoms with E-state index in [-0.39, 0.29) is 14.9 Å². The molecule has 2 heterocycles. The Balaban J connectivity index is 1.38. The van der Waals surface area contributed by atoms with Gasteiger partial charge in [-0.25, -0.2) is 8.42 Å². The van der Waals surface area contributed by atoms with Crippen molar-refractivity contribution in [3.05, 3.63) is 64.3 Å². The maximum absolute atomic E-state index is 13.0. The third kappa shape index (κ3) is 4.73. The maximum Gasteiger partial charge on any atom is 0.244 e. The fraction of sp³-hybridized carbons (Fsp3) is 0.286. The highest BCUT2D eigenvalue weighted by molar-refractivity contribution is 7.89. The molecule has 1 saturated heterocycles. The fourth-order valence-corrected chi connectivity index (χ4v) is 5.61. The zero-order valence-electron chi connectivity index (χ0n) is 16.8. The van der Waals surface area contributed by atoms with Gasteiger partial charge in [-0.15, -0.1) is 0 Å². The molecule has 0 spiro atoms. The first-order valence-corrected chi connectivity index (χ1v) is 11.8. The van der Waals surface area contributed by atoms with E-state index in [0.717, 1.165) is 22.8 Å². The molecule has 0 bridgehead atoms. The Bertz CT molecular complexity index is 1160.